The first kappa shape index (κ1) is 17.2. The van der Waals surface area contributed by atoms with Gasteiger partial charge in [-0.2, -0.15) is 0 Å². The third-order valence-corrected chi connectivity index (χ3v) is 4.54. The summed E-state index contributed by atoms with van der Waals surface area (Å²) in [6.45, 7) is 1.88. The molecule has 0 aliphatic heterocycles. The van der Waals surface area contributed by atoms with Crippen LogP contribution in [0.2, 0.25) is 5.02 Å². The monoisotopic (exact) mass is 377 g/mol. The number of fused-ring (bicyclic) bond motifs is 1. The maximum atomic E-state index is 12.6. The highest BCUT2D eigenvalue weighted by Crippen LogP contribution is 2.30. The van der Waals surface area contributed by atoms with E-state index in [1.54, 1.807) is 36.4 Å². The molecule has 3 aromatic carbocycles. The Labute approximate surface area is 161 Å². The van der Waals surface area contributed by atoms with Gasteiger partial charge in [0.05, 0.1) is 5.02 Å². The summed E-state index contributed by atoms with van der Waals surface area (Å²) in [5.41, 5.74) is 2.16. The van der Waals surface area contributed by atoms with Crippen LogP contribution in [-0.2, 0) is 0 Å². The highest BCUT2D eigenvalue weighted by atomic mass is 35.5. The third-order valence-electron chi connectivity index (χ3n) is 4.23. The molecule has 134 valence electrons. The number of hydrogen-bond donors (Lipinski definition) is 1. The van der Waals surface area contributed by atoms with E-state index in [9.17, 15) is 4.79 Å². The van der Waals surface area contributed by atoms with Gasteiger partial charge < -0.3 is 14.5 Å². The Morgan fingerprint density at radius 1 is 0.963 bits per heavy atom. The zero-order valence-electron chi connectivity index (χ0n) is 14.5. The second kappa shape index (κ2) is 7.17. The Bertz CT molecular complexity index is 1120. The van der Waals surface area contributed by atoms with Gasteiger partial charge in [0.15, 0.2) is 5.76 Å². The third kappa shape index (κ3) is 3.52. The standard InChI is InChI=1S/C22H16ClNO3/c1-14-17-6-2-4-8-19(17)27-21(14)22(25)24-15-10-12-16(13-11-15)26-20-9-5-3-7-18(20)23/h2-13H,1H3,(H,24,25). The molecule has 27 heavy (non-hydrogen) atoms. The number of rotatable bonds is 4. The van der Waals surface area contributed by atoms with Crippen LogP contribution in [0, 0.1) is 6.92 Å². The molecule has 4 rings (SSSR count). The molecule has 0 bridgehead atoms. The van der Waals surface area contributed by atoms with Crippen molar-refractivity contribution in [1.82, 2.24) is 0 Å². The van der Waals surface area contributed by atoms with Crippen LogP contribution < -0.4 is 10.1 Å². The van der Waals surface area contributed by atoms with Gasteiger partial charge in [0.2, 0.25) is 0 Å². The summed E-state index contributed by atoms with van der Waals surface area (Å²) < 4.78 is 11.4. The topological polar surface area (TPSA) is 51.5 Å². The SMILES string of the molecule is Cc1c(C(=O)Nc2ccc(Oc3ccccc3Cl)cc2)oc2ccccc12. The first-order chi connectivity index (χ1) is 13.1. The van der Waals surface area contributed by atoms with Crippen LogP contribution in [0.3, 0.4) is 0 Å². The van der Waals surface area contributed by atoms with Gasteiger partial charge in [0.25, 0.3) is 5.91 Å². The lowest BCUT2D eigenvalue weighted by atomic mass is 10.1. The molecule has 1 heterocycles. The Morgan fingerprint density at radius 2 is 1.67 bits per heavy atom. The van der Waals surface area contributed by atoms with Crippen LogP contribution in [0.25, 0.3) is 11.0 Å². The van der Waals surface area contributed by atoms with Crippen molar-refractivity contribution in [1.29, 1.82) is 0 Å². The van der Waals surface area contributed by atoms with Crippen molar-refractivity contribution in [2.45, 2.75) is 6.92 Å². The van der Waals surface area contributed by atoms with E-state index < -0.39 is 0 Å². The molecule has 0 aliphatic rings. The fourth-order valence-corrected chi connectivity index (χ4v) is 3.01. The van der Waals surface area contributed by atoms with Gasteiger partial charge in [-0.1, -0.05) is 41.9 Å². The zero-order valence-corrected chi connectivity index (χ0v) is 15.3. The normalized spacial score (nSPS) is 10.7. The van der Waals surface area contributed by atoms with Crippen LogP contribution in [0.15, 0.2) is 77.2 Å². The summed E-state index contributed by atoms with van der Waals surface area (Å²) in [5.74, 6) is 1.23. The maximum absolute atomic E-state index is 12.6. The number of anilines is 1. The molecule has 4 nitrogen and oxygen atoms in total. The highest BCUT2D eigenvalue weighted by molar-refractivity contribution is 6.32. The fraction of sp³-hybridized carbons (Fsp3) is 0.0455. The second-order valence-electron chi connectivity index (χ2n) is 6.06. The van der Waals surface area contributed by atoms with Gasteiger partial charge in [-0.05, 0) is 49.4 Å². The minimum atomic E-state index is -0.288. The molecular formula is C22H16ClNO3. The molecule has 5 heteroatoms. The van der Waals surface area contributed by atoms with Crippen molar-refractivity contribution in [3.8, 4) is 11.5 Å². The van der Waals surface area contributed by atoms with E-state index in [4.69, 9.17) is 20.8 Å². The second-order valence-corrected chi connectivity index (χ2v) is 6.47. The number of hydrogen-bond acceptors (Lipinski definition) is 3. The lowest BCUT2D eigenvalue weighted by molar-refractivity contribution is 0.0998. The number of para-hydroxylation sites is 2. The predicted molar refractivity (Wildman–Crippen MR) is 107 cm³/mol. The molecule has 0 atom stereocenters. The summed E-state index contributed by atoms with van der Waals surface area (Å²) in [6, 6.07) is 21.9. The minimum Gasteiger partial charge on any atom is -0.456 e. The summed E-state index contributed by atoms with van der Waals surface area (Å²) in [7, 11) is 0. The van der Waals surface area contributed by atoms with E-state index in [0.29, 0.717) is 33.6 Å². The molecule has 4 aromatic rings. The molecule has 0 saturated carbocycles. The molecule has 1 aromatic heterocycles. The van der Waals surface area contributed by atoms with Crippen LogP contribution >= 0.6 is 11.6 Å². The van der Waals surface area contributed by atoms with E-state index >= 15 is 0 Å². The number of amides is 1. The van der Waals surface area contributed by atoms with Crippen molar-refractivity contribution in [3.63, 3.8) is 0 Å². The van der Waals surface area contributed by atoms with E-state index in [2.05, 4.69) is 5.32 Å². The Kier molecular flexibility index (Phi) is 4.57. The van der Waals surface area contributed by atoms with E-state index in [0.717, 1.165) is 10.9 Å². The minimum absolute atomic E-state index is 0.288. The average Bonchev–Trinajstić information content (AvgIpc) is 3.02. The fourth-order valence-electron chi connectivity index (χ4n) is 2.84. The lowest BCUT2D eigenvalue weighted by Crippen LogP contribution is -2.11. The van der Waals surface area contributed by atoms with E-state index in [-0.39, 0.29) is 5.91 Å². The predicted octanol–water partition coefficient (Wildman–Crippen LogP) is 6.44. The Balaban J connectivity index is 1.50. The van der Waals surface area contributed by atoms with E-state index in [1.165, 1.54) is 0 Å². The first-order valence-electron chi connectivity index (χ1n) is 8.44. The largest absolute Gasteiger partial charge is 0.456 e. The molecule has 0 saturated heterocycles. The van der Waals surface area contributed by atoms with Gasteiger partial charge in [-0.15, -0.1) is 0 Å². The molecular weight excluding hydrogens is 362 g/mol. The summed E-state index contributed by atoms with van der Waals surface area (Å²) in [4.78, 5) is 12.6. The molecule has 0 aliphatic carbocycles. The number of ether oxygens (including phenoxy) is 1. The highest BCUT2D eigenvalue weighted by Gasteiger charge is 2.17. The molecule has 0 fully saturated rings. The lowest BCUT2D eigenvalue weighted by Gasteiger charge is -2.09. The van der Waals surface area contributed by atoms with Crippen molar-refractivity contribution in [3.05, 3.63) is 89.1 Å². The number of aryl methyl sites for hydroxylation is 1. The van der Waals surface area contributed by atoms with Crippen molar-refractivity contribution in [2.75, 3.05) is 5.32 Å². The zero-order chi connectivity index (χ0) is 18.8. The van der Waals surface area contributed by atoms with Crippen LogP contribution in [0.5, 0.6) is 11.5 Å². The Morgan fingerprint density at radius 3 is 2.41 bits per heavy atom. The van der Waals surface area contributed by atoms with Crippen LogP contribution in [0.1, 0.15) is 16.1 Å². The maximum Gasteiger partial charge on any atom is 0.291 e. The summed E-state index contributed by atoms with van der Waals surface area (Å²) >= 11 is 6.10. The average molecular weight is 378 g/mol. The van der Waals surface area contributed by atoms with Gasteiger partial charge in [0.1, 0.15) is 17.1 Å². The number of carbonyl (C=O) groups excluding carboxylic acids is 1. The first-order valence-corrected chi connectivity index (χ1v) is 8.81. The van der Waals surface area contributed by atoms with Crippen LogP contribution in [-0.4, -0.2) is 5.91 Å². The summed E-state index contributed by atoms with van der Waals surface area (Å²) in [5, 5.41) is 4.32. The van der Waals surface area contributed by atoms with Gasteiger partial charge in [-0.3, -0.25) is 4.79 Å². The molecule has 1 N–H and O–H groups in total. The summed E-state index contributed by atoms with van der Waals surface area (Å²) in [6.07, 6.45) is 0. The number of nitrogens with one attached hydrogen (secondary N) is 1. The van der Waals surface area contributed by atoms with Crippen molar-refractivity contribution >= 4 is 34.2 Å². The van der Waals surface area contributed by atoms with Gasteiger partial charge >= 0.3 is 0 Å². The van der Waals surface area contributed by atoms with Crippen LogP contribution in [0.4, 0.5) is 5.69 Å². The Hall–Kier alpha value is -3.24. The number of benzene rings is 3. The molecule has 0 spiro atoms. The van der Waals surface area contributed by atoms with Gasteiger partial charge in [-0.25, -0.2) is 0 Å². The number of furan rings is 1. The van der Waals surface area contributed by atoms with Gasteiger partial charge in [0, 0.05) is 16.6 Å². The molecule has 0 radical (unpaired) electrons. The number of carbonyl (C=O) groups is 1. The van der Waals surface area contributed by atoms with E-state index in [1.807, 2.05) is 43.3 Å². The van der Waals surface area contributed by atoms with Crippen molar-refractivity contribution < 1.29 is 13.9 Å². The molecule has 0 unspecified atom stereocenters. The quantitative estimate of drug-likeness (QED) is 0.445. The number of halogens is 1. The van der Waals surface area contributed by atoms with Crippen molar-refractivity contribution in [2.24, 2.45) is 0 Å². The smallest absolute Gasteiger partial charge is 0.291 e. The molecule has 1 amide bonds.